The fraction of sp³-hybridized carbons (Fsp3) is 0.350. The molecular formula is C20H25N5O2. The summed E-state index contributed by atoms with van der Waals surface area (Å²) < 4.78 is 5.68. The van der Waals surface area contributed by atoms with Crippen LogP contribution in [0.25, 0.3) is 0 Å². The zero-order valence-electron chi connectivity index (χ0n) is 15.4. The molecule has 1 aliphatic heterocycles. The van der Waals surface area contributed by atoms with Gasteiger partial charge in [0.1, 0.15) is 11.8 Å². The van der Waals surface area contributed by atoms with Gasteiger partial charge in [0.25, 0.3) is 5.91 Å². The molecule has 0 bridgehead atoms. The lowest BCUT2D eigenvalue weighted by molar-refractivity contribution is -0.122. The van der Waals surface area contributed by atoms with E-state index in [-0.39, 0.29) is 18.0 Å². The van der Waals surface area contributed by atoms with Crippen molar-refractivity contribution in [2.24, 2.45) is 5.10 Å². The van der Waals surface area contributed by atoms with Crippen LogP contribution >= 0.6 is 0 Å². The summed E-state index contributed by atoms with van der Waals surface area (Å²) in [6.07, 6.45) is 6.01. The maximum Gasteiger partial charge on any atom is 0.258 e. The maximum absolute atomic E-state index is 12.2. The van der Waals surface area contributed by atoms with E-state index in [0.717, 1.165) is 30.8 Å². The molecule has 0 radical (unpaired) electrons. The van der Waals surface area contributed by atoms with E-state index in [2.05, 4.69) is 33.3 Å². The number of unbranched alkanes of at least 4 members (excludes halogenated alkanes) is 1. The number of nitrogens with zero attached hydrogens (tertiary/aromatic N) is 2. The highest BCUT2D eigenvalue weighted by atomic mass is 16.5. The van der Waals surface area contributed by atoms with Crippen molar-refractivity contribution < 1.29 is 9.53 Å². The molecule has 3 rings (SSSR count). The molecule has 1 saturated heterocycles. The number of hydrazone groups is 1. The molecule has 142 valence electrons. The van der Waals surface area contributed by atoms with Gasteiger partial charge in [0.05, 0.1) is 18.5 Å². The van der Waals surface area contributed by atoms with Crippen LogP contribution in [0.3, 0.4) is 0 Å². The van der Waals surface area contributed by atoms with Crippen LogP contribution in [0.5, 0.6) is 5.75 Å². The fourth-order valence-electron chi connectivity index (χ4n) is 2.77. The minimum Gasteiger partial charge on any atom is -0.494 e. The van der Waals surface area contributed by atoms with Gasteiger partial charge < -0.3 is 4.74 Å². The first-order valence-electron chi connectivity index (χ1n) is 9.24. The number of aromatic nitrogens is 1. The van der Waals surface area contributed by atoms with Crippen LogP contribution in [0.4, 0.5) is 0 Å². The molecule has 1 fully saturated rings. The van der Waals surface area contributed by atoms with Crippen molar-refractivity contribution in [3.05, 3.63) is 59.9 Å². The summed E-state index contributed by atoms with van der Waals surface area (Å²) >= 11 is 0. The van der Waals surface area contributed by atoms with Crippen LogP contribution in [0.15, 0.2) is 53.8 Å². The monoisotopic (exact) mass is 367 g/mol. The smallest absolute Gasteiger partial charge is 0.258 e. The van der Waals surface area contributed by atoms with Crippen LogP contribution in [0.1, 0.15) is 43.5 Å². The predicted octanol–water partition coefficient (Wildman–Crippen LogP) is 2.32. The van der Waals surface area contributed by atoms with Crippen molar-refractivity contribution >= 4 is 12.1 Å². The zero-order valence-corrected chi connectivity index (χ0v) is 15.4. The van der Waals surface area contributed by atoms with Gasteiger partial charge in [0.15, 0.2) is 0 Å². The number of amides is 1. The molecule has 2 unspecified atom stereocenters. The second kappa shape index (κ2) is 9.80. The molecule has 3 N–H and O–H groups in total. The van der Waals surface area contributed by atoms with Crippen molar-refractivity contribution in [3.8, 4) is 5.75 Å². The highest BCUT2D eigenvalue weighted by molar-refractivity contribution is 5.84. The third-order valence-electron chi connectivity index (χ3n) is 4.33. The first-order chi connectivity index (χ1) is 13.3. The van der Waals surface area contributed by atoms with Crippen molar-refractivity contribution in [1.29, 1.82) is 0 Å². The SMILES string of the molecule is CCCCOc1ccc(C2CC(C(=O)N/N=C/c3ccccn3)NN2)cc1. The second-order valence-corrected chi connectivity index (χ2v) is 6.39. The van der Waals surface area contributed by atoms with E-state index in [0.29, 0.717) is 12.1 Å². The van der Waals surface area contributed by atoms with E-state index < -0.39 is 0 Å². The normalized spacial score (nSPS) is 19.3. The Morgan fingerprint density at radius 2 is 2.15 bits per heavy atom. The average molecular weight is 367 g/mol. The molecule has 1 aromatic carbocycles. The van der Waals surface area contributed by atoms with Crippen LogP contribution in [-0.4, -0.2) is 29.8 Å². The molecular weight excluding hydrogens is 342 g/mol. The Kier molecular flexibility index (Phi) is 6.90. The quantitative estimate of drug-likeness (QED) is 0.379. The number of ether oxygens (including phenoxy) is 1. The van der Waals surface area contributed by atoms with Crippen LogP contribution in [0.2, 0.25) is 0 Å². The lowest BCUT2D eigenvalue weighted by atomic mass is 10.0. The highest BCUT2D eigenvalue weighted by Gasteiger charge is 2.30. The third kappa shape index (κ3) is 5.60. The predicted molar refractivity (Wildman–Crippen MR) is 104 cm³/mol. The average Bonchev–Trinajstić information content (AvgIpc) is 3.20. The van der Waals surface area contributed by atoms with Gasteiger partial charge in [-0.2, -0.15) is 5.10 Å². The second-order valence-electron chi connectivity index (χ2n) is 6.39. The van der Waals surface area contributed by atoms with Gasteiger partial charge in [-0.3, -0.25) is 9.78 Å². The summed E-state index contributed by atoms with van der Waals surface area (Å²) in [5, 5.41) is 3.96. The first-order valence-corrected chi connectivity index (χ1v) is 9.24. The Labute approximate surface area is 159 Å². The summed E-state index contributed by atoms with van der Waals surface area (Å²) in [7, 11) is 0. The van der Waals surface area contributed by atoms with Crippen molar-refractivity contribution in [1.82, 2.24) is 21.3 Å². The number of carbonyl (C=O) groups is 1. The van der Waals surface area contributed by atoms with Gasteiger partial charge in [-0.05, 0) is 42.7 Å². The van der Waals surface area contributed by atoms with E-state index in [9.17, 15) is 4.79 Å². The molecule has 2 aromatic rings. The number of nitrogens with one attached hydrogen (secondary N) is 3. The van der Waals surface area contributed by atoms with Crippen LogP contribution in [0, 0.1) is 0 Å². The maximum atomic E-state index is 12.2. The van der Waals surface area contributed by atoms with E-state index in [1.54, 1.807) is 6.20 Å². The standard InChI is InChI=1S/C20H25N5O2/c1-2-3-12-27-17-9-7-15(8-10-17)18-13-19(24-23-18)20(26)25-22-14-16-6-4-5-11-21-16/h4-11,14,18-19,23-24H,2-3,12-13H2,1H3,(H,25,26)/b22-14+. The molecule has 1 aromatic heterocycles. The van der Waals surface area contributed by atoms with Gasteiger partial charge in [0, 0.05) is 12.2 Å². The Morgan fingerprint density at radius 1 is 1.30 bits per heavy atom. The Bertz CT molecular complexity index is 749. The van der Waals surface area contributed by atoms with Crippen molar-refractivity contribution in [2.75, 3.05) is 6.61 Å². The number of hydrazine groups is 1. The molecule has 27 heavy (non-hydrogen) atoms. The Morgan fingerprint density at radius 3 is 2.89 bits per heavy atom. The van der Waals surface area contributed by atoms with E-state index in [1.807, 2.05) is 42.5 Å². The Hall–Kier alpha value is -2.77. The number of hydrogen-bond donors (Lipinski definition) is 3. The molecule has 2 heterocycles. The fourth-order valence-corrected chi connectivity index (χ4v) is 2.77. The molecule has 7 heteroatoms. The first kappa shape index (κ1) is 19.0. The number of rotatable bonds is 8. The number of pyridine rings is 1. The summed E-state index contributed by atoms with van der Waals surface area (Å²) in [6.45, 7) is 2.88. The summed E-state index contributed by atoms with van der Waals surface area (Å²) in [6, 6.07) is 13.2. The molecule has 2 atom stereocenters. The topological polar surface area (TPSA) is 87.6 Å². The molecule has 1 amide bonds. The molecule has 1 aliphatic rings. The highest BCUT2D eigenvalue weighted by Crippen LogP contribution is 2.24. The largest absolute Gasteiger partial charge is 0.494 e. The van der Waals surface area contributed by atoms with E-state index in [4.69, 9.17) is 4.74 Å². The third-order valence-corrected chi connectivity index (χ3v) is 4.33. The summed E-state index contributed by atoms with van der Waals surface area (Å²) in [5.74, 6) is 0.688. The minimum absolute atomic E-state index is 0.0604. The lowest BCUT2D eigenvalue weighted by Crippen LogP contribution is -2.41. The number of carbonyl (C=O) groups excluding carboxylic acids is 1. The van der Waals surface area contributed by atoms with E-state index >= 15 is 0 Å². The summed E-state index contributed by atoms with van der Waals surface area (Å²) in [5.41, 5.74) is 10.5. The zero-order chi connectivity index (χ0) is 18.9. The number of benzene rings is 1. The van der Waals surface area contributed by atoms with Gasteiger partial charge in [-0.25, -0.2) is 16.3 Å². The van der Waals surface area contributed by atoms with Gasteiger partial charge in [-0.1, -0.05) is 31.5 Å². The van der Waals surface area contributed by atoms with Crippen LogP contribution in [-0.2, 0) is 4.79 Å². The molecule has 7 nitrogen and oxygen atoms in total. The van der Waals surface area contributed by atoms with Gasteiger partial charge in [-0.15, -0.1) is 0 Å². The van der Waals surface area contributed by atoms with E-state index in [1.165, 1.54) is 6.21 Å². The molecule has 0 spiro atoms. The molecule has 0 aliphatic carbocycles. The van der Waals surface area contributed by atoms with Crippen molar-refractivity contribution in [2.45, 2.75) is 38.3 Å². The van der Waals surface area contributed by atoms with Crippen LogP contribution < -0.4 is 21.0 Å². The van der Waals surface area contributed by atoms with Gasteiger partial charge in [0.2, 0.25) is 0 Å². The summed E-state index contributed by atoms with van der Waals surface area (Å²) in [4.78, 5) is 16.4. The molecule has 0 saturated carbocycles. The minimum atomic E-state index is -0.351. The number of hydrogen-bond acceptors (Lipinski definition) is 6. The lowest BCUT2D eigenvalue weighted by Gasteiger charge is -2.11. The van der Waals surface area contributed by atoms with Gasteiger partial charge >= 0.3 is 0 Å². The Balaban J connectivity index is 1.47. The van der Waals surface area contributed by atoms with Crippen molar-refractivity contribution in [3.63, 3.8) is 0 Å².